The Labute approximate surface area is 172 Å². The molecule has 0 radical (unpaired) electrons. The number of guanidine groups is 1. The van der Waals surface area contributed by atoms with Gasteiger partial charge in [0.05, 0.1) is 17.2 Å². The summed E-state index contributed by atoms with van der Waals surface area (Å²) in [6, 6.07) is 10.5. The molecule has 25 heavy (non-hydrogen) atoms. The first-order chi connectivity index (χ1) is 11.5. The summed E-state index contributed by atoms with van der Waals surface area (Å²) in [6.45, 7) is 11.0. The normalized spacial score (nSPS) is 11.8. The standard InChI is InChI=1S/C19H28N4S.HI/c1-5-20-18(21-12-11-15-9-7-6-8-10-15)22-13-16-14-24-17(23-16)19(2,3)4;/h6-10,14H,5,11-13H2,1-4H3,(H2,20,21,22);1H. The highest BCUT2D eigenvalue weighted by Gasteiger charge is 2.17. The van der Waals surface area contributed by atoms with Crippen molar-refractivity contribution in [3.05, 3.63) is 52.0 Å². The molecule has 2 N–H and O–H groups in total. The van der Waals surface area contributed by atoms with Gasteiger partial charge in [0.15, 0.2) is 5.96 Å². The number of aliphatic imine (C=N–C) groups is 1. The average Bonchev–Trinajstić information content (AvgIpc) is 3.03. The molecule has 0 fully saturated rings. The Morgan fingerprint density at radius 3 is 2.48 bits per heavy atom. The molecule has 0 aliphatic rings. The van der Waals surface area contributed by atoms with Gasteiger partial charge in [0.1, 0.15) is 0 Å². The Morgan fingerprint density at radius 1 is 1.16 bits per heavy atom. The number of aromatic nitrogens is 1. The Kier molecular flexibility index (Phi) is 9.42. The van der Waals surface area contributed by atoms with Gasteiger partial charge in [0, 0.05) is 23.9 Å². The third-order valence-corrected chi connectivity index (χ3v) is 4.80. The second-order valence-electron chi connectivity index (χ2n) is 6.75. The fraction of sp³-hybridized carbons (Fsp3) is 0.474. The number of nitrogens with one attached hydrogen (secondary N) is 2. The van der Waals surface area contributed by atoms with E-state index in [0.717, 1.165) is 36.2 Å². The Morgan fingerprint density at radius 2 is 1.88 bits per heavy atom. The van der Waals surface area contributed by atoms with Crippen LogP contribution in [0.5, 0.6) is 0 Å². The first-order valence-electron chi connectivity index (χ1n) is 8.50. The predicted octanol–water partition coefficient (Wildman–Crippen LogP) is 4.36. The van der Waals surface area contributed by atoms with Crippen LogP contribution in [0.25, 0.3) is 0 Å². The lowest BCUT2D eigenvalue weighted by Crippen LogP contribution is -2.38. The molecule has 1 aromatic heterocycles. The molecule has 0 unspecified atom stereocenters. The van der Waals surface area contributed by atoms with Crippen molar-refractivity contribution in [1.29, 1.82) is 0 Å². The Bertz CT molecular complexity index is 647. The van der Waals surface area contributed by atoms with Crippen molar-refractivity contribution in [2.24, 2.45) is 4.99 Å². The van der Waals surface area contributed by atoms with Crippen molar-refractivity contribution in [3.8, 4) is 0 Å². The second-order valence-corrected chi connectivity index (χ2v) is 7.61. The molecule has 4 nitrogen and oxygen atoms in total. The molecule has 2 aromatic rings. The predicted molar refractivity (Wildman–Crippen MR) is 119 cm³/mol. The van der Waals surface area contributed by atoms with Gasteiger partial charge in [-0.15, -0.1) is 35.3 Å². The van der Waals surface area contributed by atoms with E-state index in [9.17, 15) is 0 Å². The van der Waals surface area contributed by atoms with Crippen molar-refractivity contribution in [2.45, 2.75) is 46.1 Å². The maximum absolute atomic E-state index is 4.70. The molecule has 0 saturated heterocycles. The van der Waals surface area contributed by atoms with E-state index in [1.807, 2.05) is 6.07 Å². The maximum Gasteiger partial charge on any atom is 0.191 e. The van der Waals surface area contributed by atoms with Crippen LogP contribution in [0.2, 0.25) is 0 Å². The molecule has 0 aliphatic carbocycles. The number of halogens is 1. The first-order valence-corrected chi connectivity index (χ1v) is 9.38. The Balaban J connectivity index is 0.00000312. The van der Waals surface area contributed by atoms with E-state index >= 15 is 0 Å². The van der Waals surface area contributed by atoms with Crippen molar-refractivity contribution in [1.82, 2.24) is 15.6 Å². The summed E-state index contributed by atoms with van der Waals surface area (Å²) in [6.07, 6.45) is 0.982. The molecule has 6 heteroatoms. The number of hydrogen-bond donors (Lipinski definition) is 2. The summed E-state index contributed by atoms with van der Waals surface area (Å²) in [5.74, 6) is 0.846. The fourth-order valence-corrected chi connectivity index (χ4v) is 3.09. The second kappa shape index (κ2) is 10.8. The molecule has 0 saturated carbocycles. The smallest absolute Gasteiger partial charge is 0.191 e. The van der Waals surface area contributed by atoms with E-state index in [1.165, 1.54) is 5.56 Å². The van der Waals surface area contributed by atoms with Crippen LogP contribution < -0.4 is 10.6 Å². The molecule has 0 atom stereocenters. The zero-order valence-corrected chi connectivity index (χ0v) is 18.7. The van der Waals surface area contributed by atoms with Crippen molar-refractivity contribution < 1.29 is 0 Å². The number of thiazole rings is 1. The molecular weight excluding hydrogens is 443 g/mol. The van der Waals surface area contributed by atoms with Gasteiger partial charge in [-0.25, -0.2) is 9.98 Å². The van der Waals surface area contributed by atoms with E-state index < -0.39 is 0 Å². The number of hydrogen-bond acceptors (Lipinski definition) is 3. The van der Waals surface area contributed by atoms with Crippen LogP contribution in [0.4, 0.5) is 0 Å². The lowest BCUT2D eigenvalue weighted by atomic mass is 9.98. The zero-order chi connectivity index (χ0) is 17.4. The quantitative estimate of drug-likeness (QED) is 0.373. The highest BCUT2D eigenvalue weighted by molar-refractivity contribution is 14.0. The maximum atomic E-state index is 4.70. The monoisotopic (exact) mass is 472 g/mol. The summed E-state index contributed by atoms with van der Waals surface area (Å²) in [7, 11) is 0. The molecule has 2 rings (SSSR count). The molecule has 1 aromatic carbocycles. The summed E-state index contributed by atoms with van der Waals surface area (Å²) in [5.41, 5.74) is 2.46. The highest BCUT2D eigenvalue weighted by atomic mass is 127. The van der Waals surface area contributed by atoms with Gasteiger partial charge in [-0.2, -0.15) is 0 Å². The summed E-state index contributed by atoms with van der Waals surface area (Å²) in [5, 5.41) is 9.95. The zero-order valence-electron chi connectivity index (χ0n) is 15.5. The molecular formula is C19H29IN4S. The van der Waals surface area contributed by atoms with Gasteiger partial charge < -0.3 is 10.6 Å². The minimum atomic E-state index is 0. The van der Waals surface area contributed by atoms with Gasteiger partial charge in [-0.1, -0.05) is 51.1 Å². The highest BCUT2D eigenvalue weighted by Crippen LogP contribution is 2.25. The first kappa shape index (κ1) is 21.9. The molecule has 138 valence electrons. The van der Waals surface area contributed by atoms with Crippen LogP contribution in [-0.4, -0.2) is 24.0 Å². The van der Waals surface area contributed by atoms with E-state index in [-0.39, 0.29) is 29.4 Å². The third-order valence-electron chi connectivity index (χ3n) is 3.49. The van der Waals surface area contributed by atoms with Crippen LogP contribution in [0.15, 0.2) is 40.7 Å². The van der Waals surface area contributed by atoms with Crippen LogP contribution in [0.3, 0.4) is 0 Å². The number of benzene rings is 1. The van der Waals surface area contributed by atoms with Gasteiger partial charge >= 0.3 is 0 Å². The lowest BCUT2D eigenvalue weighted by Gasteiger charge is -2.13. The van der Waals surface area contributed by atoms with Crippen molar-refractivity contribution >= 4 is 41.3 Å². The van der Waals surface area contributed by atoms with Gasteiger partial charge in [-0.05, 0) is 18.9 Å². The molecule has 0 spiro atoms. The van der Waals surface area contributed by atoms with Gasteiger partial charge in [0.2, 0.25) is 0 Å². The largest absolute Gasteiger partial charge is 0.357 e. The molecule has 0 bridgehead atoms. The molecule has 0 aliphatic heterocycles. The van der Waals surface area contributed by atoms with Crippen LogP contribution >= 0.6 is 35.3 Å². The molecule has 0 amide bonds. The topological polar surface area (TPSA) is 49.3 Å². The van der Waals surface area contributed by atoms with E-state index in [2.05, 4.69) is 73.0 Å². The Hall–Kier alpha value is -1.15. The third kappa shape index (κ3) is 7.73. The average molecular weight is 472 g/mol. The number of nitrogens with zero attached hydrogens (tertiary/aromatic N) is 2. The lowest BCUT2D eigenvalue weighted by molar-refractivity contribution is 0.583. The van der Waals surface area contributed by atoms with Crippen LogP contribution in [0.1, 0.15) is 44.0 Å². The SMILES string of the molecule is CCNC(=NCc1csc(C(C)(C)C)n1)NCCc1ccccc1.I. The van der Waals surface area contributed by atoms with E-state index in [0.29, 0.717) is 6.54 Å². The fourth-order valence-electron chi connectivity index (χ4n) is 2.20. The van der Waals surface area contributed by atoms with Gasteiger partial charge in [0.25, 0.3) is 0 Å². The minimum absolute atomic E-state index is 0. The minimum Gasteiger partial charge on any atom is -0.357 e. The van der Waals surface area contributed by atoms with Crippen LogP contribution in [0, 0.1) is 0 Å². The van der Waals surface area contributed by atoms with Crippen molar-refractivity contribution in [2.75, 3.05) is 13.1 Å². The van der Waals surface area contributed by atoms with Crippen LogP contribution in [-0.2, 0) is 18.4 Å². The van der Waals surface area contributed by atoms with E-state index in [4.69, 9.17) is 4.98 Å². The number of rotatable bonds is 6. The van der Waals surface area contributed by atoms with Crippen molar-refractivity contribution in [3.63, 3.8) is 0 Å². The van der Waals surface area contributed by atoms with Gasteiger partial charge in [-0.3, -0.25) is 0 Å². The summed E-state index contributed by atoms with van der Waals surface area (Å²) < 4.78 is 0. The molecule has 1 heterocycles. The summed E-state index contributed by atoms with van der Waals surface area (Å²) >= 11 is 1.72. The van der Waals surface area contributed by atoms with E-state index in [1.54, 1.807) is 11.3 Å². The summed E-state index contributed by atoms with van der Waals surface area (Å²) in [4.78, 5) is 9.35.